The lowest BCUT2D eigenvalue weighted by atomic mass is 9.97. The first-order chi connectivity index (χ1) is 6.29. The molecule has 1 aromatic carbocycles. The van der Waals surface area contributed by atoms with Crippen LogP contribution in [0.4, 0.5) is 0 Å². The molecule has 1 N–H and O–H groups in total. The lowest BCUT2D eigenvalue weighted by molar-refractivity contribution is 0.0690. The first-order valence-corrected chi connectivity index (χ1v) is 4.21. The van der Waals surface area contributed by atoms with Gasteiger partial charge >= 0.3 is 5.97 Å². The largest absolute Gasteiger partial charge is 0.478 e. The molecule has 3 heteroatoms. The van der Waals surface area contributed by atoms with Crippen molar-refractivity contribution in [2.24, 2.45) is 0 Å². The maximum atomic E-state index is 10.8. The highest BCUT2D eigenvalue weighted by Crippen LogP contribution is 2.20. The minimum absolute atomic E-state index is 0.417. The average Bonchev–Trinajstić information content (AvgIpc) is 2.17. The summed E-state index contributed by atoms with van der Waals surface area (Å²) in [4.78, 5) is 10.8. The van der Waals surface area contributed by atoms with Gasteiger partial charge in [-0.2, -0.15) is 0 Å². The molecule has 1 aliphatic heterocycles. The van der Waals surface area contributed by atoms with Crippen LogP contribution in [-0.4, -0.2) is 17.7 Å². The third kappa shape index (κ3) is 1.42. The van der Waals surface area contributed by atoms with Crippen molar-refractivity contribution in [1.29, 1.82) is 0 Å². The van der Waals surface area contributed by atoms with Gasteiger partial charge in [-0.05, 0) is 23.6 Å². The van der Waals surface area contributed by atoms with Gasteiger partial charge in [0, 0.05) is 0 Å². The van der Waals surface area contributed by atoms with Gasteiger partial charge in [0.05, 0.1) is 18.8 Å². The number of ether oxygens (including phenoxy) is 1. The van der Waals surface area contributed by atoms with E-state index in [1.807, 2.05) is 6.07 Å². The van der Waals surface area contributed by atoms with Crippen molar-refractivity contribution in [3.63, 3.8) is 0 Å². The van der Waals surface area contributed by atoms with Crippen LogP contribution in [0.15, 0.2) is 18.2 Å². The fourth-order valence-electron chi connectivity index (χ4n) is 1.62. The molecule has 1 aliphatic rings. The van der Waals surface area contributed by atoms with Gasteiger partial charge < -0.3 is 9.84 Å². The molecule has 0 aliphatic carbocycles. The number of benzene rings is 1. The van der Waals surface area contributed by atoms with Crippen molar-refractivity contribution < 1.29 is 14.6 Å². The monoisotopic (exact) mass is 178 g/mol. The number of hydrogen-bond acceptors (Lipinski definition) is 2. The molecule has 1 aromatic rings. The molecule has 13 heavy (non-hydrogen) atoms. The first-order valence-electron chi connectivity index (χ1n) is 4.21. The third-order valence-corrected chi connectivity index (χ3v) is 2.26. The number of fused-ring (bicyclic) bond motifs is 1. The Morgan fingerprint density at radius 1 is 1.46 bits per heavy atom. The van der Waals surface area contributed by atoms with Crippen LogP contribution in [0, 0.1) is 0 Å². The Bertz CT molecular complexity index is 344. The topological polar surface area (TPSA) is 46.5 Å². The Hall–Kier alpha value is -1.35. The summed E-state index contributed by atoms with van der Waals surface area (Å²) in [5.74, 6) is -0.848. The van der Waals surface area contributed by atoms with Crippen LogP contribution in [0.1, 0.15) is 21.5 Å². The number of carboxylic acids is 1. The van der Waals surface area contributed by atoms with E-state index in [0.717, 1.165) is 11.1 Å². The van der Waals surface area contributed by atoms with Crippen molar-refractivity contribution in [2.75, 3.05) is 6.61 Å². The molecule has 3 nitrogen and oxygen atoms in total. The number of rotatable bonds is 1. The third-order valence-electron chi connectivity index (χ3n) is 2.26. The summed E-state index contributed by atoms with van der Waals surface area (Å²) in [7, 11) is 0. The zero-order valence-electron chi connectivity index (χ0n) is 7.12. The Balaban J connectivity index is 2.52. The van der Waals surface area contributed by atoms with Gasteiger partial charge in [-0.15, -0.1) is 0 Å². The van der Waals surface area contributed by atoms with Crippen molar-refractivity contribution in [3.05, 3.63) is 34.9 Å². The second-order valence-corrected chi connectivity index (χ2v) is 3.05. The van der Waals surface area contributed by atoms with E-state index in [2.05, 4.69) is 0 Å². The van der Waals surface area contributed by atoms with Crippen LogP contribution in [0.2, 0.25) is 0 Å². The molecule has 0 atom stereocenters. The second-order valence-electron chi connectivity index (χ2n) is 3.05. The Morgan fingerprint density at radius 2 is 2.31 bits per heavy atom. The van der Waals surface area contributed by atoms with E-state index >= 15 is 0 Å². The quantitative estimate of drug-likeness (QED) is 0.708. The maximum Gasteiger partial charge on any atom is 0.335 e. The average molecular weight is 178 g/mol. The summed E-state index contributed by atoms with van der Waals surface area (Å²) < 4.78 is 5.24. The molecular formula is C10H10O3. The molecule has 0 fully saturated rings. The maximum absolute atomic E-state index is 10.8. The van der Waals surface area contributed by atoms with Crippen LogP contribution in [-0.2, 0) is 17.8 Å². The van der Waals surface area contributed by atoms with E-state index in [0.29, 0.717) is 25.2 Å². The van der Waals surface area contributed by atoms with Crippen LogP contribution >= 0.6 is 0 Å². The smallest absolute Gasteiger partial charge is 0.335 e. The number of carboxylic acid groups (broad SMARTS) is 1. The Kier molecular flexibility index (Phi) is 2.02. The normalized spacial score (nSPS) is 15.1. The van der Waals surface area contributed by atoms with E-state index in [4.69, 9.17) is 9.84 Å². The number of carbonyl (C=O) groups is 1. The van der Waals surface area contributed by atoms with Crippen LogP contribution in [0.5, 0.6) is 0 Å². The minimum atomic E-state index is -0.848. The summed E-state index contributed by atoms with van der Waals surface area (Å²) in [6.45, 7) is 1.16. The van der Waals surface area contributed by atoms with Crippen LogP contribution in [0.3, 0.4) is 0 Å². The number of aromatic carboxylic acids is 1. The molecule has 0 spiro atoms. The SMILES string of the molecule is O=C(O)c1cccc2c1CCOC2. The zero-order chi connectivity index (χ0) is 9.26. The minimum Gasteiger partial charge on any atom is -0.478 e. The molecule has 0 unspecified atom stereocenters. The standard InChI is InChI=1S/C10H10O3/c11-10(12)9-3-1-2-7-6-13-5-4-8(7)9/h1-3H,4-6H2,(H,11,12). The number of hydrogen-bond donors (Lipinski definition) is 1. The van der Waals surface area contributed by atoms with Crippen LogP contribution in [0.25, 0.3) is 0 Å². The van der Waals surface area contributed by atoms with Gasteiger partial charge in [0.1, 0.15) is 0 Å². The summed E-state index contributed by atoms with van der Waals surface area (Å²) >= 11 is 0. The molecule has 0 bridgehead atoms. The molecule has 0 amide bonds. The molecule has 1 heterocycles. The van der Waals surface area contributed by atoms with E-state index in [-0.39, 0.29) is 0 Å². The highest BCUT2D eigenvalue weighted by atomic mass is 16.5. The summed E-state index contributed by atoms with van der Waals surface area (Å²) in [6, 6.07) is 5.32. The van der Waals surface area contributed by atoms with Gasteiger partial charge in [0.2, 0.25) is 0 Å². The second kappa shape index (κ2) is 3.18. The van der Waals surface area contributed by atoms with E-state index in [1.165, 1.54) is 0 Å². The zero-order valence-corrected chi connectivity index (χ0v) is 7.12. The highest BCUT2D eigenvalue weighted by Gasteiger charge is 2.16. The molecule has 2 rings (SSSR count). The predicted octanol–water partition coefficient (Wildman–Crippen LogP) is 1.46. The highest BCUT2D eigenvalue weighted by molar-refractivity contribution is 5.89. The molecule has 0 saturated carbocycles. The lowest BCUT2D eigenvalue weighted by Crippen LogP contribution is -2.14. The van der Waals surface area contributed by atoms with Gasteiger partial charge in [-0.3, -0.25) is 0 Å². The van der Waals surface area contributed by atoms with E-state index < -0.39 is 5.97 Å². The van der Waals surface area contributed by atoms with Crippen LogP contribution < -0.4 is 0 Å². The summed E-state index contributed by atoms with van der Waals surface area (Å²) in [6.07, 6.45) is 0.706. The van der Waals surface area contributed by atoms with E-state index in [9.17, 15) is 4.79 Å². The molecule has 0 saturated heterocycles. The molecule has 0 radical (unpaired) electrons. The fourth-order valence-corrected chi connectivity index (χ4v) is 1.62. The van der Waals surface area contributed by atoms with Crippen molar-refractivity contribution in [1.82, 2.24) is 0 Å². The molecule has 68 valence electrons. The Morgan fingerprint density at radius 3 is 3.08 bits per heavy atom. The molecular weight excluding hydrogens is 168 g/mol. The van der Waals surface area contributed by atoms with Crippen molar-refractivity contribution in [3.8, 4) is 0 Å². The van der Waals surface area contributed by atoms with Gasteiger partial charge in [-0.1, -0.05) is 12.1 Å². The van der Waals surface area contributed by atoms with Crippen molar-refractivity contribution in [2.45, 2.75) is 13.0 Å². The molecule has 0 aromatic heterocycles. The van der Waals surface area contributed by atoms with Crippen molar-refractivity contribution >= 4 is 5.97 Å². The van der Waals surface area contributed by atoms with E-state index in [1.54, 1.807) is 12.1 Å². The lowest BCUT2D eigenvalue weighted by Gasteiger charge is -2.17. The Labute approximate surface area is 76.0 Å². The van der Waals surface area contributed by atoms with Gasteiger partial charge in [-0.25, -0.2) is 4.79 Å². The van der Waals surface area contributed by atoms with Gasteiger partial charge in [0.25, 0.3) is 0 Å². The fraction of sp³-hybridized carbons (Fsp3) is 0.300. The predicted molar refractivity (Wildman–Crippen MR) is 46.8 cm³/mol. The van der Waals surface area contributed by atoms with Gasteiger partial charge in [0.15, 0.2) is 0 Å². The summed E-state index contributed by atoms with van der Waals surface area (Å²) in [5, 5.41) is 8.90. The first kappa shape index (κ1) is 8.26. The summed E-state index contributed by atoms with van der Waals surface area (Å²) in [5.41, 5.74) is 2.35.